The van der Waals surface area contributed by atoms with Crippen LogP contribution in [0.4, 0.5) is 0 Å². The Hall–Kier alpha value is -0.580. The number of rotatable bonds is 7. The summed E-state index contributed by atoms with van der Waals surface area (Å²) in [6.07, 6.45) is 2.08. The van der Waals surface area contributed by atoms with Crippen LogP contribution in [0, 0.1) is 0 Å². The van der Waals surface area contributed by atoms with Crippen LogP contribution in [0.2, 0.25) is 0 Å². The maximum atomic E-state index is 5.58. The van der Waals surface area contributed by atoms with E-state index in [9.17, 15) is 0 Å². The fraction of sp³-hybridized carbons (Fsp3) is 0.571. The molecule has 3 nitrogen and oxygen atoms in total. The van der Waals surface area contributed by atoms with E-state index < -0.39 is 0 Å². The zero-order valence-electron chi connectivity index (χ0n) is 11.4. The molecule has 0 heterocycles. The van der Waals surface area contributed by atoms with E-state index in [0.717, 1.165) is 36.2 Å². The summed E-state index contributed by atoms with van der Waals surface area (Å²) in [6, 6.07) is 6.78. The molecular weight excluding hydrogens is 292 g/mol. The lowest BCUT2D eigenvalue weighted by Gasteiger charge is -2.24. The molecule has 1 aromatic carbocycles. The van der Waals surface area contributed by atoms with Gasteiger partial charge in [0.15, 0.2) is 0 Å². The van der Waals surface area contributed by atoms with Crippen molar-refractivity contribution in [2.24, 2.45) is 5.73 Å². The minimum atomic E-state index is 0.539. The smallest absolute Gasteiger partial charge is 0.133 e. The number of methoxy groups -OCH3 is 1. The van der Waals surface area contributed by atoms with Crippen LogP contribution >= 0.6 is 15.9 Å². The van der Waals surface area contributed by atoms with E-state index in [0.29, 0.717) is 6.04 Å². The summed E-state index contributed by atoms with van der Waals surface area (Å²) >= 11 is 3.51. The lowest BCUT2D eigenvalue weighted by atomic mass is 10.1. The molecule has 1 rings (SSSR count). The molecule has 0 bridgehead atoms. The Morgan fingerprint density at radius 1 is 1.44 bits per heavy atom. The zero-order chi connectivity index (χ0) is 13.5. The van der Waals surface area contributed by atoms with Gasteiger partial charge in [0, 0.05) is 12.6 Å². The summed E-state index contributed by atoms with van der Waals surface area (Å²) in [6.45, 7) is 4.01. The van der Waals surface area contributed by atoms with Gasteiger partial charge in [-0.25, -0.2) is 0 Å². The van der Waals surface area contributed by atoms with Crippen molar-refractivity contribution in [3.05, 3.63) is 28.2 Å². The third kappa shape index (κ3) is 4.59. The standard InChI is InChI=1S/C14H23BrN2O/c1-11(6-8-16)17(2)9-7-12-4-5-14(18-3)13(15)10-12/h4-5,10-11H,6-9,16H2,1-3H3. The highest BCUT2D eigenvalue weighted by molar-refractivity contribution is 9.10. The molecule has 0 aliphatic carbocycles. The van der Waals surface area contributed by atoms with E-state index in [2.05, 4.69) is 46.9 Å². The van der Waals surface area contributed by atoms with Crippen LogP contribution in [-0.4, -0.2) is 38.2 Å². The maximum absolute atomic E-state index is 5.58. The number of benzene rings is 1. The fourth-order valence-corrected chi connectivity index (χ4v) is 2.44. The van der Waals surface area contributed by atoms with Crippen LogP contribution in [0.5, 0.6) is 5.75 Å². The quantitative estimate of drug-likeness (QED) is 0.841. The summed E-state index contributed by atoms with van der Waals surface area (Å²) in [5.41, 5.74) is 6.89. The summed E-state index contributed by atoms with van der Waals surface area (Å²) in [5, 5.41) is 0. The number of likely N-dealkylation sites (N-methyl/N-ethyl adjacent to an activating group) is 1. The Morgan fingerprint density at radius 2 is 2.17 bits per heavy atom. The van der Waals surface area contributed by atoms with Crippen LogP contribution in [0.25, 0.3) is 0 Å². The lowest BCUT2D eigenvalue weighted by Crippen LogP contribution is -2.32. The average molecular weight is 315 g/mol. The molecule has 102 valence electrons. The molecule has 18 heavy (non-hydrogen) atoms. The van der Waals surface area contributed by atoms with Crippen molar-refractivity contribution in [1.82, 2.24) is 4.90 Å². The van der Waals surface area contributed by atoms with Crippen LogP contribution in [0.3, 0.4) is 0 Å². The molecule has 1 unspecified atom stereocenters. The van der Waals surface area contributed by atoms with Crippen molar-refractivity contribution in [2.45, 2.75) is 25.8 Å². The van der Waals surface area contributed by atoms with E-state index in [-0.39, 0.29) is 0 Å². The average Bonchev–Trinajstić information content (AvgIpc) is 2.36. The molecule has 0 aliphatic rings. The van der Waals surface area contributed by atoms with Gasteiger partial charge in [-0.2, -0.15) is 0 Å². The van der Waals surface area contributed by atoms with Crippen molar-refractivity contribution < 1.29 is 4.74 Å². The molecule has 0 amide bonds. The molecule has 0 saturated heterocycles. The number of hydrogen-bond donors (Lipinski definition) is 1. The van der Waals surface area contributed by atoms with Crippen molar-refractivity contribution in [3.8, 4) is 5.75 Å². The SMILES string of the molecule is COc1ccc(CCN(C)C(C)CCN)cc1Br. The molecule has 1 atom stereocenters. The highest BCUT2D eigenvalue weighted by Gasteiger charge is 2.08. The Bertz CT molecular complexity index is 371. The van der Waals surface area contributed by atoms with Gasteiger partial charge in [-0.3, -0.25) is 0 Å². The summed E-state index contributed by atoms with van der Waals surface area (Å²) < 4.78 is 6.24. The van der Waals surface area contributed by atoms with Crippen molar-refractivity contribution in [1.29, 1.82) is 0 Å². The molecule has 0 fully saturated rings. The first-order chi connectivity index (χ1) is 8.58. The van der Waals surface area contributed by atoms with Gasteiger partial charge in [0.1, 0.15) is 5.75 Å². The van der Waals surface area contributed by atoms with E-state index in [1.807, 2.05) is 6.07 Å². The summed E-state index contributed by atoms with van der Waals surface area (Å²) in [5.74, 6) is 0.878. The normalized spacial score (nSPS) is 12.8. The highest BCUT2D eigenvalue weighted by Crippen LogP contribution is 2.25. The summed E-state index contributed by atoms with van der Waals surface area (Å²) in [4.78, 5) is 2.35. The van der Waals surface area contributed by atoms with Crippen molar-refractivity contribution >= 4 is 15.9 Å². The van der Waals surface area contributed by atoms with Gasteiger partial charge in [-0.1, -0.05) is 6.07 Å². The Morgan fingerprint density at radius 3 is 2.72 bits per heavy atom. The molecule has 0 radical (unpaired) electrons. The van der Waals surface area contributed by atoms with Gasteiger partial charge in [0.25, 0.3) is 0 Å². The first-order valence-corrected chi connectivity index (χ1v) is 7.10. The first kappa shape index (κ1) is 15.5. The number of nitrogens with two attached hydrogens (primary N) is 1. The molecule has 2 N–H and O–H groups in total. The van der Waals surface area contributed by atoms with Crippen LogP contribution in [0.15, 0.2) is 22.7 Å². The number of hydrogen-bond acceptors (Lipinski definition) is 3. The van der Waals surface area contributed by atoms with E-state index in [1.165, 1.54) is 5.56 Å². The van der Waals surface area contributed by atoms with Crippen molar-refractivity contribution in [3.63, 3.8) is 0 Å². The fourth-order valence-electron chi connectivity index (χ4n) is 1.85. The highest BCUT2D eigenvalue weighted by atomic mass is 79.9. The largest absolute Gasteiger partial charge is 0.496 e. The van der Waals surface area contributed by atoms with Gasteiger partial charge < -0.3 is 15.4 Å². The zero-order valence-corrected chi connectivity index (χ0v) is 13.0. The van der Waals surface area contributed by atoms with Crippen LogP contribution in [0.1, 0.15) is 18.9 Å². The van der Waals surface area contributed by atoms with Gasteiger partial charge in [-0.05, 0) is 67.0 Å². The molecule has 1 aromatic rings. The number of nitrogens with zero attached hydrogens (tertiary/aromatic N) is 1. The Balaban J connectivity index is 2.50. The van der Waals surface area contributed by atoms with Gasteiger partial charge >= 0.3 is 0 Å². The minimum absolute atomic E-state index is 0.539. The molecule has 0 saturated carbocycles. The first-order valence-electron chi connectivity index (χ1n) is 6.31. The predicted molar refractivity (Wildman–Crippen MR) is 80.2 cm³/mol. The second-order valence-electron chi connectivity index (χ2n) is 4.63. The van der Waals surface area contributed by atoms with E-state index in [1.54, 1.807) is 7.11 Å². The predicted octanol–water partition coefficient (Wildman–Crippen LogP) is 2.67. The van der Waals surface area contributed by atoms with E-state index >= 15 is 0 Å². The third-order valence-corrected chi connectivity index (χ3v) is 3.93. The number of ether oxygens (including phenoxy) is 1. The minimum Gasteiger partial charge on any atom is -0.496 e. The molecule has 0 aliphatic heterocycles. The molecular formula is C14H23BrN2O. The summed E-state index contributed by atoms with van der Waals surface area (Å²) in [7, 11) is 3.83. The molecule has 0 aromatic heterocycles. The second kappa shape index (κ2) is 7.77. The topological polar surface area (TPSA) is 38.5 Å². The monoisotopic (exact) mass is 314 g/mol. The molecule has 4 heteroatoms. The second-order valence-corrected chi connectivity index (χ2v) is 5.48. The number of halogens is 1. The Kier molecular flexibility index (Phi) is 6.68. The van der Waals surface area contributed by atoms with Gasteiger partial charge in [-0.15, -0.1) is 0 Å². The maximum Gasteiger partial charge on any atom is 0.133 e. The third-order valence-electron chi connectivity index (χ3n) is 3.31. The van der Waals surface area contributed by atoms with Crippen LogP contribution in [-0.2, 0) is 6.42 Å². The lowest BCUT2D eigenvalue weighted by molar-refractivity contribution is 0.251. The van der Waals surface area contributed by atoms with Gasteiger partial charge in [0.2, 0.25) is 0 Å². The molecule has 0 spiro atoms. The van der Waals surface area contributed by atoms with Gasteiger partial charge in [0.05, 0.1) is 11.6 Å². The van der Waals surface area contributed by atoms with E-state index in [4.69, 9.17) is 10.5 Å². The Labute approximate surface area is 118 Å². The van der Waals surface area contributed by atoms with Crippen LogP contribution < -0.4 is 10.5 Å². The van der Waals surface area contributed by atoms with Crippen molar-refractivity contribution in [2.75, 3.05) is 27.2 Å².